The predicted octanol–water partition coefficient (Wildman–Crippen LogP) is 3.65. The van der Waals surface area contributed by atoms with Gasteiger partial charge in [-0.2, -0.15) is 0 Å². The molecule has 0 fully saturated rings. The first-order valence-corrected chi connectivity index (χ1v) is 10.6. The maximum atomic E-state index is 12.8. The molecule has 0 aliphatic carbocycles. The monoisotopic (exact) mass is 413 g/mol. The Hall–Kier alpha value is -3.17. The summed E-state index contributed by atoms with van der Waals surface area (Å²) in [5, 5.41) is 1.54. The van der Waals surface area contributed by atoms with Crippen molar-refractivity contribution in [1.82, 2.24) is 9.38 Å². The molecule has 0 unspecified atom stereocenters. The van der Waals surface area contributed by atoms with E-state index in [1.54, 1.807) is 18.2 Å². The van der Waals surface area contributed by atoms with Crippen molar-refractivity contribution < 1.29 is 17.9 Å². The van der Waals surface area contributed by atoms with Gasteiger partial charge in [-0.1, -0.05) is 18.2 Å². The van der Waals surface area contributed by atoms with Crippen LogP contribution in [0.3, 0.4) is 0 Å². The highest BCUT2D eigenvalue weighted by Crippen LogP contribution is 2.27. The Morgan fingerprint density at radius 1 is 1.18 bits per heavy atom. The number of rotatable bonds is 5. The van der Waals surface area contributed by atoms with E-state index in [1.807, 2.05) is 41.1 Å². The molecule has 0 aliphatic heterocycles. The summed E-state index contributed by atoms with van der Waals surface area (Å²) in [6.45, 7) is 0. The number of fused-ring (bicyclic) bond motifs is 1. The zero-order chi connectivity index (χ0) is 19.7. The van der Waals surface area contributed by atoms with Gasteiger partial charge in [-0.25, -0.2) is 18.2 Å². The second-order valence-electron chi connectivity index (χ2n) is 5.88. The number of carbonyl (C=O) groups is 1. The number of sulfonamides is 1. The molecule has 0 radical (unpaired) electrons. The van der Waals surface area contributed by atoms with E-state index >= 15 is 0 Å². The number of carbonyl (C=O) groups excluding carboxylic acids is 1. The van der Waals surface area contributed by atoms with Crippen LogP contribution in [0.4, 0.5) is 5.69 Å². The molecule has 0 amide bonds. The fourth-order valence-electron chi connectivity index (χ4n) is 2.78. The van der Waals surface area contributed by atoms with Crippen molar-refractivity contribution in [2.45, 2.75) is 4.90 Å². The van der Waals surface area contributed by atoms with Crippen LogP contribution >= 0.6 is 11.3 Å². The van der Waals surface area contributed by atoms with Crippen molar-refractivity contribution in [1.29, 1.82) is 0 Å². The van der Waals surface area contributed by atoms with Crippen molar-refractivity contribution in [3.63, 3.8) is 0 Å². The van der Waals surface area contributed by atoms with Gasteiger partial charge in [0.15, 0.2) is 0 Å². The van der Waals surface area contributed by atoms with Crippen molar-refractivity contribution in [2.75, 3.05) is 11.8 Å². The molecule has 0 spiro atoms. The summed E-state index contributed by atoms with van der Waals surface area (Å²) in [5.41, 5.74) is 2.65. The summed E-state index contributed by atoms with van der Waals surface area (Å²) < 4.78 is 34.6. The van der Waals surface area contributed by atoms with Gasteiger partial charge >= 0.3 is 5.97 Å². The SMILES string of the molecule is COC(=O)c1sccc1S(=O)(=O)Nc1cccc(-c2cn3ccccc3n2)c1. The zero-order valence-corrected chi connectivity index (χ0v) is 16.3. The number of ether oxygens (including phenoxy) is 1. The Balaban J connectivity index is 1.67. The van der Waals surface area contributed by atoms with Gasteiger partial charge in [-0.3, -0.25) is 4.72 Å². The number of esters is 1. The van der Waals surface area contributed by atoms with E-state index in [2.05, 4.69) is 14.4 Å². The average molecular weight is 413 g/mol. The van der Waals surface area contributed by atoms with Gasteiger partial charge in [0.2, 0.25) is 0 Å². The maximum absolute atomic E-state index is 12.8. The number of aromatic nitrogens is 2. The average Bonchev–Trinajstić information content (AvgIpc) is 3.34. The van der Waals surface area contributed by atoms with Gasteiger partial charge in [0.25, 0.3) is 10.0 Å². The Kier molecular flexibility index (Phi) is 4.62. The van der Waals surface area contributed by atoms with Crippen LogP contribution in [0, 0.1) is 0 Å². The smallest absolute Gasteiger partial charge is 0.349 e. The summed E-state index contributed by atoms with van der Waals surface area (Å²) in [6, 6.07) is 14.0. The van der Waals surface area contributed by atoms with E-state index in [1.165, 1.54) is 18.6 Å². The van der Waals surface area contributed by atoms with E-state index in [-0.39, 0.29) is 9.77 Å². The Morgan fingerprint density at radius 3 is 2.82 bits per heavy atom. The molecule has 3 aromatic heterocycles. The van der Waals surface area contributed by atoms with E-state index < -0.39 is 16.0 Å². The number of anilines is 1. The fourth-order valence-corrected chi connectivity index (χ4v) is 5.16. The highest BCUT2D eigenvalue weighted by atomic mass is 32.2. The van der Waals surface area contributed by atoms with Crippen molar-refractivity contribution in [2.24, 2.45) is 0 Å². The summed E-state index contributed by atoms with van der Waals surface area (Å²) >= 11 is 1.02. The molecule has 4 rings (SSSR count). The van der Waals surface area contributed by atoms with Gasteiger partial charge < -0.3 is 9.14 Å². The molecular weight excluding hydrogens is 398 g/mol. The number of thiophene rings is 1. The largest absolute Gasteiger partial charge is 0.465 e. The quantitative estimate of drug-likeness (QED) is 0.505. The van der Waals surface area contributed by atoms with Crippen LogP contribution in [0.1, 0.15) is 9.67 Å². The Morgan fingerprint density at radius 2 is 2.04 bits per heavy atom. The molecule has 28 heavy (non-hydrogen) atoms. The number of hydrogen-bond donors (Lipinski definition) is 1. The van der Waals surface area contributed by atoms with E-state index in [0.29, 0.717) is 5.69 Å². The third-order valence-corrected chi connectivity index (χ3v) is 6.51. The molecule has 0 aliphatic rings. The highest BCUT2D eigenvalue weighted by Gasteiger charge is 2.24. The number of nitrogens with zero attached hydrogens (tertiary/aromatic N) is 2. The third-order valence-electron chi connectivity index (χ3n) is 4.06. The molecule has 4 aromatic rings. The Bertz CT molecular complexity index is 1240. The van der Waals surface area contributed by atoms with Gasteiger partial charge in [0.1, 0.15) is 15.4 Å². The third kappa shape index (κ3) is 3.37. The lowest BCUT2D eigenvalue weighted by Crippen LogP contribution is -2.15. The van der Waals surface area contributed by atoms with Crippen LogP contribution in [-0.4, -0.2) is 30.9 Å². The molecule has 0 bridgehead atoms. The van der Waals surface area contributed by atoms with E-state index in [0.717, 1.165) is 28.2 Å². The molecule has 142 valence electrons. The van der Waals surface area contributed by atoms with Gasteiger partial charge in [-0.05, 0) is 35.7 Å². The van der Waals surface area contributed by atoms with E-state index in [9.17, 15) is 13.2 Å². The first kappa shape index (κ1) is 18.2. The summed E-state index contributed by atoms with van der Waals surface area (Å²) in [4.78, 5) is 16.3. The molecular formula is C19H15N3O4S2. The normalized spacial score (nSPS) is 11.5. The number of pyridine rings is 1. The minimum absolute atomic E-state index is 0.0338. The summed E-state index contributed by atoms with van der Waals surface area (Å²) in [5.74, 6) is -0.686. The Labute approximate surface area is 165 Å². The van der Waals surface area contributed by atoms with Crippen LogP contribution in [0.15, 0.2) is 71.2 Å². The van der Waals surface area contributed by atoms with Gasteiger partial charge in [0.05, 0.1) is 12.8 Å². The molecule has 3 heterocycles. The van der Waals surface area contributed by atoms with E-state index in [4.69, 9.17) is 0 Å². The molecule has 7 nitrogen and oxygen atoms in total. The maximum Gasteiger partial charge on any atom is 0.349 e. The predicted molar refractivity (Wildman–Crippen MR) is 107 cm³/mol. The molecule has 0 saturated carbocycles. The first-order chi connectivity index (χ1) is 13.5. The molecule has 0 atom stereocenters. The molecule has 1 N–H and O–H groups in total. The van der Waals surface area contributed by atoms with Crippen molar-refractivity contribution >= 4 is 38.7 Å². The van der Waals surface area contributed by atoms with Crippen LogP contribution in [0.25, 0.3) is 16.9 Å². The topological polar surface area (TPSA) is 89.8 Å². The van der Waals surface area contributed by atoms with Gasteiger partial charge in [0, 0.05) is 23.6 Å². The lowest BCUT2D eigenvalue weighted by Gasteiger charge is -2.09. The summed E-state index contributed by atoms with van der Waals surface area (Å²) in [6.07, 6.45) is 3.76. The number of hydrogen-bond acceptors (Lipinski definition) is 6. The number of nitrogens with one attached hydrogen (secondary N) is 1. The lowest BCUT2D eigenvalue weighted by molar-refractivity contribution is 0.0602. The number of benzene rings is 1. The number of methoxy groups -OCH3 is 1. The van der Waals surface area contributed by atoms with Crippen LogP contribution < -0.4 is 4.72 Å². The first-order valence-electron chi connectivity index (χ1n) is 8.21. The van der Waals surface area contributed by atoms with Crippen molar-refractivity contribution in [3.05, 3.63) is 71.2 Å². The highest BCUT2D eigenvalue weighted by molar-refractivity contribution is 7.93. The zero-order valence-electron chi connectivity index (χ0n) is 14.7. The van der Waals surface area contributed by atoms with Gasteiger partial charge in [-0.15, -0.1) is 11.3 Å². The second kappa shape index (κ2) is 7.10. The minimum atomic E-state index is -3.95. The minimum Gasteiger partial charge on any atom is -0.465 e. The lowest BCUT2D eigenvalue weighted by atomic mass is 10.1. The van der Waals surface area contributed by atoms with Crippen LogP contribution in [0.2, 0.25) is 0 Å². The molecule has 9 heteroatoms. The second-order valence-corrected chi connectivity index (χ2v) is 8.45. The molecule has 0 saturated heterocycles. The van der Waals surface area contributed by atoms with Crippen molar-refractivity contribution in [3.8, 4) is 11.3 Å². The van der Waals surface area contributed by atoms with Crippen LogP contribution in [-0.2, 0) is 14.8 Å². The fraction of sp³-hybridized carbons (Fsp3) is 0.0526. The summed E-state index contributed by atoms with van der Waals surface area (Å²) in [7, 11) is -2.73. The van der Waals surface area contributed by atoms with Crippen LogP contribution in [0.5, 0.6) is 0 Å². The molecule has 1 aromatic carbocycles. The standard InChI is InChI=1S/C19H15N3O4S2/c1-26-19(23)18-16(8-10-27-18)28(24,25)21-14-6-4-5-13(11-14)15-12-22-9-3-2-7-17(22)20-15/h2-12,21H,1H3. The number of imidazole rings is 1.